The van der Waals surface area contributed by atoms with Gasteiger partial charge in [-0.15, -0.1) is 0 Å². The van der Waals surface area contributed by atoms with Gasteiger partial charge < -0.3 is 66.3 Å². The normalized spacial score (nSPS) is 11.6. The Hall–Kier alpha value is -0.560. The zero-order chi connectivity index (χ0) is 73.1. The molecular formula is C75H178O14. The van der Waals surface area contributed by atoms with Crippen LogP contribution in [0.4, 0.5) is 0 Å². The van der Waals surface area contributed by atoms with E-state index in [1.54, 1.807) is 28.4 Å². The van der Waals surface area contributed by atoms with Crippen LogP contribution in [0.2, 0.25) is 0 Å². The Kier molecular flexibility index (Phi) is 166. The van der Waals surface area contributed by atoms with Crippen LogP contribution in [-0.4, -0.2) is 181 Å². The lowest BCUT2D eigenvalue weighted by molar-refractivity contribution is 0.00530. The van der Waals surface area contributed by atoms with Gasteiger partial charge in [-0.05, 0) is 237 Å². The number of hydrogen-bond donors (Lipinski definition) is 0. The Morgan fingerprint density at radius 2 is 0.618 bits per heavy atom. The topological polar surface area (TPSA) is 129 Å². The monoisotopic (exact) mass is 1300 g/mol. The predicted octanol–water partition coefficient (Wildman–Crippen LogP) is 21.9. The summed E-state index contributed by atoms with van der Waals surface area (Å²) in [6, 6.07) is 0. The maximum absolute atomic E-state index is 5.34. The summed E-state index contributed by atoms with van der Waals surface area (Å²) in [5, 5.41) is 0. The summed E-state index contributed by atoms with van der Waals surface area (Å²) >= 11 is 0. The second kappa shape index (κ2) is 121. The van der Waals surface area contributed by atoms with Gasteiger partial charge in [0, 0.05) is 121 Å². The van der Waals surface area contributed by atoms with Crippen molar-refractivity contribution in [1.29, 1.82) is 0 Å². The third-order valence-electron chi connectivity index (χ3n) is 10.5. The van der Waals surface area contributed by atoms with E-state index in [1.807, 2.05) is 111 Å². The molecule has 14 heteroatoms. The highest BCUT2D eigenvalue weighted by Crippen LogP contribution is 2.05. The lowest BCUT2D eigenvalue weighted by Gasteiger charge is -2.17. The van der Waals surface area contributed by atoms with Crippen molar-refractivity contribution in [2.24, 2.45) is 5.92 Å². The average molecular weight is 1300 g/mol. The second-order valence-electron chi connectivity index (χ2n) is 22.3. The van der Waals surface area contributed by atoms with Crippen LogP contribution < -0.4 is 0 Å². The van der Waals surface area contributed by atoms with Crippen LogP contribution in [0.1, 0.15) is 313 Å². The number of rotatable bonds is 34. The minimum atomic E-state index is 0.0503. The van der Waals surface area contributed by atoms with Crippen molar-refractivity contribution in [2.45, 2.75) is 374 Å². The molecule has 0 saturated carbocycles. The van der Waals surface area contributed by atoms with Crippen molar-refractivity contribution in [2.75, 3.05) is 121 Å². The summed E-state index contributed by atoms with van der Waals surface area (Å²) in [6.45, 7) is 86.3. The molecule has 0 rings (SSSR count). The number of hydrogen-bond acceptors (Lipinski definition) is 14. The molecule has 0 aromatic heterocycles. The van der Waals surface area contributed by atoms with E-state index in [1.165, 1.54) is 25.7 Å². The van der Waals surface area contributed by atoms with Crippen LogP contribution in [0.5, 0.6) is 0 Å². The highest BCUT2D eigenvalue weighted by molar-refractivity contribution is 4.56. The first-order valence-electron chi connectivity index (χ1n) is 35.9. The van der Waals surface area contributed by atoms with Crippen LogP contribution in [0.25, 0.3) is 0 Å². The van der Waals surface area contributed by atoms with Gasteiger partial charge in [-0.1, -0.05) is 82.1 Å². The molecule has 562 valence electrons. The second-order valence-corrected chi connectivity index (χ2v) is 22.3. The highest BCUT2D eigenvalue weighted by Gasteiger charge is 2.06. The van der Waals surface area contributed by atoms with Crippen LogP contribution in [0.3, 0.4) is 0 Å². The van der Waals surface area contributed by atoms with Gasteiger partial charge in [-0.3, -0.25) is 0 Å². The van der Waals surface area contributed by atoms with Crippen molar-refractivity contribution in [3.8, 4) is 0 Å². The minimum Gasteiger partial charge on any atom is -0.385 e. The van der Waals surface area contributed by atoms with Crippen LogP contribution >= 0.6 is 0 Å². The molecule has 0 aliphatic heterocycles. The standard InChI is InChI=1S/2C7H16O.5C6H14O.4C5H12O.2C4H10O.C3H8O/c1-5-8-7(4)6(2)3;1-4-6-8-7(3)5-2;1-5-7-6(2,3)4;1-4-5-6(2)7-3;1-4-5-7-6(2)3;1-4-6(3)7-5-2;1-3-5-6-7-4-2;1-4-5(2)6-3;2*1-4-6-5(2)3;1-3-5-6-4-2;1-4(2)5-3;1-3-5-4-2;1-3-4-2/h6-7H,5H2,1-4H3;7H,4-6H2,1-3H3;5H2,1-4H3;3*6H,4-5H2,1-3H3;3-6H2,1-2H3;3*5H,4H2,1-3H3;3-5H2,1-2H3;4H,1-3H3;3-4H2,1-2H3;3H2,1-2H3. The van der Waals surface area contributed by atoms with Gasteiger partial charge in [0.1, 0.15) is 0 Å². The van der Waals surface area contributed by atoms with E-state index in [-0.39, 0.29) is 5.60 Å². The third kappa shape index (κ3) is 232. The third-order valence-corrected chi connectivity index (χ3v) is 10.5. The fourth-order valence-corrected chi connectivity index (χ4v) is 4.32. The molecule has 5 atom stereocenters. The number of methoxy groups -OCH3 is 4. The van der Waals surface area contributed by atoms with Gasteiger partial charge >= 0.3 is 0 Å². The molecule has 14 nitrogen and oxygen atoms in total. The first kappa shape index (κ1) is 122. The van der Waals surface area contributed by atoms with Crippen LogP contribution in [0, 0.1) is 5.92 Å². The van der Waals surface area contributed by atoms with E-state index in [0.717, 1.165) is 131 Å². The van der Waals surface area contributed by atoms with Gasteiger partial charge in [0.05, 0.1) is 60.5 Å². The van der Waals surface area contributed by atoms with Crippen molar-refractivity contribution in [3.05, 3.63) is 0 Å². The largest absolute Gasteiger partial charge is 0.385 e. The maximum Gasteiger partial charge on any atom is 0.0598 e. The summed E-state index contributed by atoms with van der Waals surface area (Å²) in [4.78, 5) is 0. The van der Waals surface area contributed by atoms with E-state index in [2.05, 4.69) is 143 Å². The first-order chi connectivity index (χ1) is 41.7. The van der Waals surface area contributed by atoms with Crippen molar-refractivity contribution in [1.82, 2.24) is 0 Å². The quantitative estimate of drug-likeness (QED) is 0.0567. The van der Waals surface area contributed by atoms with Crippen molar-refractivity contribution in [3.63, 3.8) is 0 Å². The molecule has 0 aromatic rings. The molecule has 0 heterocycles. The lowest BCUT2D eigenvalue weighted by Crippen LogP contribution is -2.18. The molecule has 5 unspecified atom stereocenters. The Bertz CT molecular complexity index is 917. The Labute approximate surface area is 564 Å². The molecular weight excluding hydrogens is 1120 g/mol. The SMILES string of the molecule is CCC(C)OC.CCCC(C)OC.CCCCOCC.CCCOC(C)C.CCCOC(C)CC.CCCOCC.CCOC.CCOC(C)(C)C.CCOC(C)C.CCOC(C)C.CCOC(C)C(C)C.CCOC(C)CC.CCOCC.COC(C)C. The fraction of sp³-hybridized carbons (Fsp3) is 1.00. The first-order valence-corrected chi connectivity index (χ1v) is 35.9. The van der Waals surface area contributed by atoms with Gasteiger partial charge in [0.2, 0.25) is 0 Å². The summed E-state index contributed by atoms with van der Waals surface area (Å²) < 4.78 is 70.4. The van der Waals surface area contributed by atoms with Crippen molar-refractivity contribution >= 4 is 0 Å². The Balaban J connectivity index is -0.0000000569. The summed E-state index contributed by atoms with van der Waals surface area (Å²) in [5.74, 6) is 0.648. The smallest absolute Gasteiger partial charge is 0.0598 e. The lowest BCUT2D eigenvalue weighted by atomic mass is 10.1. The maximum atomic E-state index is 5.34. The zero-order valence-electron chi connectivity index (χ0n) is 69.0. The predicted molar refractivity (Wildman–Crippen MR) is 398 cm³/mol. The molecule has 0 aromatic carbocycles. The van der Waals surface area contributed by atoms with Gasteiger partial charge in [0.25, 0.3) is 0 Å². The number of ether oxygens (including phenoxy) is 14. The summed E-state index contributed by atoms with van der Waals surface area (Å²) in [5.41, 5.74) is 0.0503. The number of unbranched alkanes of at least 4 members (excludes halogenated alkanes) is 1. The molecule has 0 spiro atoms. The van der Waals surface area contributed by atoms with Gasteiger partial charge in [-0.25, -0.2) is 0 Å². The molecule has 0 bridgehead atoms. The van der Waals surface area contributed by atoms with Crippen LogP contribution in [-0.2, 0) is 66.3 Å². The average Bonchev–Trinajstić information content (AvgIpc) is 3.49. The van der Waals surface area contributed by atoms with Crippen LogP contribution in [0.15, 0.2) is 0 Å². The Morgan fingerprint density at radius 1 is 0.281 bits per heavy atom. The van der Waals surface area contributed by atoms with E-state index in [9.17, 15) is 0 Å². The molecule has 0 N–H and O–H groups in total. The van der Waals surface area contributed by atoms with Gasteiger partial charge in [0.15, 0.2) is 0 Å². The molecule has 0 amide bonds. The van der Waals surface area contributed by atoms with Gasteiger partial charge in [-0.2, -0.15) is 0 Å². The zero-order valence-corrected chi connectivity index (χ0v) is 69.0. The molecule has 0 fully saturated rings. The minimum absolute atomic E-state index is 0.0503. The molecule has 0 aliphatic rings. The molecule has 0 saturated heterocycles. The summed E-state index contributed by atoms with van der Waals surface area (Å²) in [6.07, 6.45) is 15.4. The van der Waals surface area contributed by atoms with E-state index in [4.69, 9.17) is 61.6 Å². The summed E-state index contributed by atoms with van der Waals surface area (Å²) in [7, 11) is 6.86. The van der Waals surface area contributed by atoms with Crippen molar-refractivity contribution < 1.29 is 66.3 Å². The molecule has 89 heavy (non-hydrogen) atoms. The molecule has 0 radical (unpaired) electrons. The van der Waals surface area contributed by atoms with E-state index < -0.39 is 0 Å². The van der Waals surface area contributed by atoms with E-state index in [0.29, 0.717) is 60.9 Å². The fourth-order valence-electron chi connectivity index (χ4n) is 4.32. The molecule has 0 aliphatic carbocycles. The van der Waals surface area contributed by atoms with E-state index >= 15 is 0 Å². The highest BCUT2D eigenvalue weighted by atomic mass is 16.5. The Morgan fingerprint density at radius 3 is 0.742 bits per heavy atom.